The van der Waals surface area contributed by atoms with E-state index in [4.69, 9.17) is 5.11 Å². The maximum atomic E-state index is 13.9. The fraction of sp³-hybridized carbons (Fsp3) is 0.385. The molecular formula is C13H19FN4O3Si. The van der Waals surface area contributed by atoms with E-state index in [-0.39, 0.29) is 13.2 Å². The van der Waals surface area contributed by atoms with Gasteiger partial charge in [0.1, 0.15) is 20.4 Å². The van der Waals surface area contributed by atoms with Gasteiger partial charge in [0.05, 0.1) is 6.54 Å². The number of anilines is 1. The van der Waals surface area contributed by atoms with Crippen molar-refractivity contribution in [1.29, 1.82) is 0 Å². The van der Waals surface area contributed by atoms with Crippen LogP contribution in [0.5, 0.6) is 0 Å². The van der Waals surface area contributed by atoms with Crippen LogP contribution in [0.2, 0.25) is 19.6 Å². The number of rotatable bonds is 5. The number of hydrogen-bond donors (Lipinski definition) is 2. The number of hydrogen-bond acceptors (Lipinski definition) is 6. The normalized spacial score (nSPS) is 15.5. The third-order valence-corrected chi connectivity index (χ3v) is 4.94. The van der Waals surface area contributed by atoms with Crippen molar-refractivity contribution >= 4 is 19.9 Å². The van der Waals surface area contributed by atoms with Crippen molar-refractivity contribution in [3.05, 3.63) is 35.8 Å². The minimum absolute atomic E-state index is 0.0342. The highest BCUT2D eigenvalue weighted by molar-refractivity contribution is 6.83. The van der Waals surface area contributed by atoms with Crippen molar-refractivity contribution in [1.82, 2.24) is 15.5 Å². The molecule has 0 fully saturated rings. The van der Waals surface area contributed by atoms with E-state index in [1.165, 1.54) is 6.20 Å². The Bertz CT molecular complexity index is 591. The van der Waals surface area contributed by atoms with Crippen molar-refractivity contribution in [3.8, 4) is 0 Å². The van der Waals surface area contributed by atoms with Crippen molar-refractivity contribution in [3.63, 3.8) is 0 Å². The van der Waals surface area contributed by atoms with Gasteiger partial charge in [0.25, 0.3) is 0 Å². The first-order chi connectivity index (χ1) is 10.3. The molecule has 1 aliphatic rings. The molecule has 9 heteroatoms. The number of hydrazine groups is 2. The molecule has 2 rings (SSSR count). The molecule has 0 aromatic carbocycles. The van der Waals surface area contributed by atoms with Gasteiger partial charge in [0, 0.05) is 17.7 Å². The molecule has 2 N–H and O–H groups in total. The summed E-state index contributed by atoms with van der Waals surface area (Å²) in [6.45, 7) is 6.67. The first kappa shape index (κ1) is 16.2. The van der Waals surface area contributed by atoms with Crippen molar-refractivity contribution in [2.45, 2.75) is 19.6 Å². The Kier molecular flexibility index (Phi) is 4.67. The van der Waals surface area contributed by atoms with Crippen LogP contribution in [0.15, 0.2) is 29.8 Å². The smallest absolute Gasteiger partial charge is 0.450 e. The first-order valence-electron chi connectivity index (χ1n) is 6.81. The van der Waals surface area contributed by atoms with Gasteiger partial charge in [0.15, 0.2) is 0 Å². The number of halogens is 1. The fourth-order valence-electron chi connectivity index (χ4n) is 1.91. The lowest BCUT2D eigenvalue weighted by atomic mass is 10.4. The maximum Gasteiger partial charge on any atom is 0.505 e. The second-order valence-corrected chi connectivity index (χ2v) is 10.8. The van der Waals surface area contributed by atoms with E-state index < -0.39 is 20.2 Å². The Morgan fingerprint density at radius 1 is 1.50 bits per heavy atom. The van der Waals surface area contributed by atoms with Gasteiger partial charge in [-0.25, -0.2) is 9.78 Å². The third kappa shape index (κ3) is 3.74. The molecule has 0 amide bonds. The zero-order valence-corrected chi connectivity index (χ0v) is 13.7. The van der Waals surface area contributed by atoms with Gasteiger partial charge in [-0.3, -0.25) is 5.01 Å². The third-order valence-electron chi connectivity index (χ3n) is 3.08. The van der Waals surface area contributed by atoms with Gasteiger partial charge in [0.2, 0.25) is 5.95 Å². The number of nitrogens with zero attached hydrogens (tertiary/aromatic N) is 3. The summed E-state index contributed by atoms with van der Waals surface area (Å²) in [4.78, 5) is 14.1. The fourth-order valence-corrected chi connectivity index (χ4v) is 2.88. The summed E-state index contributed by atoms with van der Waals surface area (Å²) in [6, 6.07) is 3.25. The predicted octanol–water partition coefficient (Wildman–Crippen LogP) is 2.18. The Morgan fingerprint density at radius 3 is 2.82 bits per heavy atom. The largest absolute Gasteiger partial charge is 0.505 e. The van der Waals surface area contributed by atoms with Crippen LogP contribution >= 0.6 is 0 Å². The molecule has 2 heterocycles. The molecule has 120 valence electrons. The lowest BCUT2D eigenvalue weighted by molar-refractivity contribution is 0.0760. The molecule has 0 atom stereocenters. The van der Waals surface area contributed by atoms with E-state index >= 15 is 0 Å². The highest BCUT2D eigenvalue weighted by Crippen LogP contribution is 2.26. The van der Waals surface area contributed by atoms with E-state index in [1.807, 2.05) is 6.20 Å². The molecule has 0 saturated carbocycles. The lowest BCUT2D eigenvalue weighted by Crippen LogP contribution is -2.47. The highest BCUT2D eigenvalue weighted by atomic mass is 28.3. The Labute approximate surface area is 129 Å². The minimum atomic E-state index is -1.65. The number of aromatic nitrogens is 1. The van der Waals surface area contributed by atoms with Gasteiger partial charge < -0.3 is 15.3 Å². The zero-order chi connectivity index (χ0) is 16.3. The van der Waals surface area contributed by atoms with E-state index in [0.717, 1.165) is 5.32 Å². The minimum Gasteiger partial charge on any atom is -0.450 e. The van der Waals surface area contributed by atoms with Crippen LogP contribution in [0.25, 0.3) is 0 Å². The van der Waals surface area contributed by atoms with E-state index in [0.29, 0.717) is 5.69 Å². The van der Waals surface area contributed by atoms with E-state index in [9.17, 15) is 9.18 Å². The second kappa shape index (κ2) is 6.32. The molecular weight excluding hydrogens is 307 g/mol. The van der Waals surface area contributed by atoms with Gasteiger partial charge in [-0.2, -0.15) is 4.39 Å². The van der Waals surface area contributed by atoms with Crippen LogP contribution in [-0.2, 0) is 4.74 Å². The summed E-state index contributed by atoms with van der Waals surface area (Å²) < 4.78 is 18.5. The molecule has 0 aliphatic carbocycles. The SMILES string of the molecule is C[Si](C)(C)C1=CN(c2cccnc2F)N(CCOC(=O)O)N1. The molecule has 0 spiro atoms. The number of carbonyl (C=O) groups is 1. The van der Waals surface area contributed by atoms with E-state index in [1.54, 1.807) is 22.3 Å². The predicted molar refractivity (Wildman–Crippen MR) is 81.9 cm³/mol. The van der Waals surface area contributed by atoms with Crippen LogP contribution in [0.3, 0.4) is 0 Å². The van der Waals surface area contributed by atoms with Crippen molar-refractivity contribution in [2.75, 3.05) is 18.2 Å². The van der Waals surface area contributed by atoms with Crippen LogP contribution in [0.1, 0.15) is 0 Å². The second-order valence-electron chi connectivity index (χ2n) is 5.80. The lowest BCUT2D eigenvalue weighted by Gasteiger charge is -2.29. The first-order valence-corrected chi connectivity index (χ1v) is 10.3. The highest BCUT2D eigenvalue weighted by Gasteiger charge is 2.31. The molecule has 7 nitrogen and oxygen atoms in total. The van der Waals surface area contributed by atoms with Crippen molar-refractivity contribution in [2.24, 2.45) is 0 Å². The van der Waals surface area contributed by atoms with Crippen molar-refractivity contribution < 1.29 is 19.0 Å². The Morgan fingerprint density at radius 2 is 2.23 bits per heavy atom. The summed E-state index contributed by atoms with van der Waals surface area (Å²) in [5, 5.41) is 12.8. The quantitative estimate of drug-likeness (QED) is 0.488. The van der Waals surface area contributed by atoms with Gasteiger partial charge in [-0.15, -0.1) is 5.12 Å². The number of ether oxygens (including phenoxy) is 1. The zero-order valence-electron chi connectivity index (χ0n) is 12.7. The summed E-state index contributed by atoms with van der Waals surface area (Å²) in [5.41, 5.74) is 3.49. The molecule has 1 aliphatic heterocycles. The topological polar surface area (TPSA) is 77.9 Å². The Balaban J connectivity index is 2.22. The molecule has 1 aromatic rings. The number of pyridine rings is 1. The molecule has 1 aromatic heterocycles. The summed E-state index contributed by atoms with van der Waals surface area (Å²) >= 11 is 0. The van der Waals surface area contributed by atoms with Crippen LogP contribution < -0.4 is 10.4 Å². The monoisotopic (exact) mass is 326 g/mol. The summed E-state index contributed by atoms with van der Waals surface area (Å²) in [7, 11) is -1.65. The van der Waals surface area contributed by atoms with E-state index in [2.05, 4.69) is 34.8 Å². The molecule has 0 radical (unpaired) electrons. The van der Waals surface area contributed by atoms with Crippen LogP contribution in [-0.4, -0.2) is 42.6 Å². The number of carboxylic acid groups (broad SMARTS) is 1. The number of nitrogens with one attached hydrogen (secondary N) is 1. The van der Waals surface area contributed by atoms with Gasteiger partial charge >= 0.3 is 6.16 Å². The van der Waals surface area contributed by atoms with Crippen LogP contribution in [0, 0.1) is 5.95 Å². The molecule has 0 saturated heterocycles. The average Bonchev–Trinajstić information content (AvgIpc) is 2.83. The maximum absolute atomic E-state index is 13.9. The molecule has 22 heavy (non-hydrogen) atoms. The van der Waals surface area contributed by atoms with Crippen LogP contribution in [0.4, 0.5) is 14.9 Å². The molecule has 0 bridgehead atoms. The summed E-state index contributed by atoms with van der Waals surface area (Å²) in [5.74, 6) is -0.596. The molecule has 0 unspecified atom stereocenters. The van der Waals surface area contributed by atoms with Gasteiger partial charge in [-0.05, 0) is 12.1 Å². The average molecular weight is 326 g/mol. The standard InChI is InChI=1S/C13H19FN4O3Si/c1-22(2,3)11-9-17(10-5-4-6-15-12(10)14)18(16-11)7-8-21-13(19)20/h4-6,9,16H,7-8H2,1-3H3,(H,19,20). The Hall–Kier alpha value is -2.13. The van der Waals surface area contributed by atoms with Gasteiger partial charge in [-0.1, -0.05) is 19.6 Å². The summed E-state index contributed by atoms with van der Waals surface area (Å²) in [6.07, 6.45) is 1.87.